The number of carbonyl (C=O) groups excluding carboxylic acids is 1. The molecule has 0 aromatic heterocycles. The minimum Gasteiger partial charge on any atom is -0.490 e. The zero-order valence-corrected chi connectivity index (χ0v) is 17.5. The number of hydrogen-bond acceptors (Lipinski definition) is 4. The molecule has 1 unspecified atom stereocenters. The maximum absolute atomic E-state index is 11.9. The summed E-state index contributed by atoms with van der Waals surface area (Å²) in [5, 5.41) is 1.19. The molecule has 0 saturated carbocycles. The van der Waals surface area contributed by atoms with E-state index in [0.29, 0.717) is 36.3 Å². The van der Waals surface area contributed by atoms with Gasteiger partial charge < -0.3 is 14.2 Å². The Hall–Kier alpha value is -2.01. The highest BCUT2D eigenvalue weighted by molar-refractivity contribution is 6.34. The van der Waals surface area contributed by atoms with Crippen molar-refractivity contribution in [2.24, 2.45) is 0 Å². The van der Waals surface area contributed by atoms with Crippen molar-refractivity contribution < 1.29 is 19.0 Å². The Morgan fingerprint density at radius 1 is 1.04 bits per heavy atom. The van der Waals surface area contributed by atoms with Crippen molar-refractivity contribution in [2.45, 2.75) is 26.4 Å². The molecule has 0 aliphatic carbocycles. The van der Waals surface area contributed by atoms with Gasteiger partial charge in [0.15, 0.2) is 6.10 Å². The van der Waals surface area contributed by atoms with Crippen LogP contribution in [0.1, 0.15) is 25.0 Å². The molecule has 0 fully saturated rings. The Bertz CT molecular complexity index is 767. The van der Waals surface area contributed by atoms with Crippen LogP contribution in [0.4, 0.5) is 0 Å². The van der Waals surface area contributed by atoms with Crippen molar-refractivity contribution in [1.29, 1.82) is 0 Å². The second-order valence-corrected chi connectivity index (χ2v) is 6.83. The summed E-state index contributed by atoms with van der Waals surface area (Å²) in [6.07, 6.45) is 3.66. The van der Waals surface area contributed by atoms with Crippen LogP contribution in [0.5, 0.6) is 5.75 Å². The fourth-order valence-corrected chi connectivity index (χ4v) is 3.13. The zero-order valence-electron chi connectivity index (χ0n) is 16.0. The van der Waals surface area contributed by atoms with Crippen LogP contribution in [0.15, 0.2) is 48.5 Å². The van der Waals surface area contributed by atoms with Crippen LogP contribution < -0.4 is 4.74 Å². The van der Waals surface area contributed by atoms with Gasteiger partial charge in [0, 0.05) is 23.1 Å². The molecule has 0 bridgehead atoms. The van der Waals surface area contributed by atoms with Crippen LogP contribution in [0.25, 0.3) is 6.08 Å². The van der Waals surface area contributed by atoms with Crippen molar-refractivity contribution in [3.63, 3.8) is 0 Å². The Morgan fingerprint density at radius 2 is 1.71 bits per heavy atom. The third-order valence-corrected chi connectivity index (χ3v) is 4.24. The average Bonchev–Trinajstić information content (AvgIpc) is 2.65. The van der Waals surface area contributed by atoms with Gasteiger partial charge in [-0.3, -0.25) is 0 Å². The number of rotatable bonds is 10. The maximum atomic E-state index is 11.9. The van der Waals surface area contributed by atoms with Crippen molar-refractivity contribution in [1.82, 2.24) is 0 Å². The van der Waals surface area contributed by atoms with E-state index in [1.165, 1.54) is 0 Å². The predicted octanol–water partition coefficient (Wildman–Crippen LogP) is 5.60. The van der Waals surface area contributed by atoms with Crippen molar-refractivity contribution in [3.8, 4) is 5.75 Å². The van der Waals surface area contributed by atoms with Gasteiger partial charge in [-0.05, 0) is 61.4 Å². The van der Waals surface area contributed by atoms with E-state index in [2.05, 4.69) is 0 Å². The van der Waals surface area contributed by atoms with E-state index in [1.807, 2.05) is 55.5 Å². The van der Waals surface area contributed by atoms with Crippen LogP contribution in [0, 0.1) is 0 Å². The van der Waals surface area contributed by atoms with Crippen LogP contribution in [-0.2, 0) is 20.7 Å². The highest BCUT2D eigenvalue weighted by Crippen LogP contribution is 2.20. The summed E-state index contributed by atoms with van der Waals surface area (Å²) in [5.74, 6) is 0.401. The molecule has 0 aliphatic rings. The molecule has 28 heavy (non-hydrogen) atoms. The highest BCUT2D eigenvalue weighted by Gasteiger charge is 2.20. The molecule has 2 rings (SSSR count). The van der Waals surface area contributed by atoms with Gasteiger partial charge in [-0.25, -0.2) is 4.79 Å². The molecule has 4 nitrogen and oxygen atoms in total. The lowest BCUT2D eigenvalue weighted by Gasteiger charge is -2.15. The first-order valence-corrected chi connectivity index (χ1v) is 9.90. The molecule has 6 heteroatoms. The molecular formula is C22H24Cl2O4. The Labute approximate surface area is 176 Å². The molecule has 0 heterocycles. The number of hydrogen-bond donors (Lipinski definition) is 0. The van der Waals surface area contributed by atoms with Crippen molar-refractivity contribution in [2.75, 3.05) is 19.8 Å². The lowest BCUT2D eigenvalue weighted by molar-refractivity contribution is -0.156. The average molecular weight is 423 g/mol. The minimum absolute atomic E-state index is 0.337. The van der Waals surface area contributed by atoms with E-state index in [4.69, 9.17) is 37.4 Å². The molecule has 150 valence electrons. The van der Waals surface area contributed by atoms with Crippen LogP contribution in [0.3, 0.4) is 0 Å². The first kappa shape index (κ1) is 22.3. The third-order valence-electron chi connectivity index (χ3n) is 3.80. The van der Waals surface area contributed by atoms with E-state index in [9.17, 15) is 4.79 Å². The summed E-state index contributed by atoms with van der Waals surface area (Å²) in [7, 11) is 0. The summed E-state index contributed by atoms with van der Waals surface area (Å²) in [4.78, 5) is 11.9. The number of esters is 1. The number of ether oxygens (including phenoxy) is 3. The number of halogens is 2. The predicted molar refractivity (Wildman–Crippen MR) is 113 cm³/mol. The molecular weight excluding hydrogens is 399 g/mol. The molecule has 0 radical (unpaired) electrons. The summed E-state index contributed by atoms with van der Waals surface area (Å²) < 4.78 is 16.3. The van der Waals surface area contributed by atoms with E-state index in [1.54, 1.807) is 13.0 Å². The van der Waals surface area contributed by atoms with E-state index in [0.717, 1.165) is 16.9 Å². The second-order valence-electron chi connectivity index (χ2n) is 5.96. The Balaban J connectivity index is 1.87. The molecule has 1 atom stereocenters. The van der Waals surface area contributed by atoms with Crippen molar-refractivity contribution >= 4 is 35.2 Å². The van der Waals surface area contributed by atoms with Gasteiger partial charge in [-0.1, -0.05) is 41.4 Å². The lowest BCUT2D eigenvalue weighted by atomic mass is 10.1. The van der Waals surface area contributed by atoms with Gasteiger partial charge in [0.1, 0.15) is 12.4 Å². The summed E-state index contributed by atoms with van der Waals surface area (Å²) in [5.41, 5.74) is 1.89. The fraction of sp³-hybridized carbons (Fsp3) is 0.318. The maximum Gasteiger partial charge on any atom is 0.335 e. The molecule has 0 aliphatic heterocycles. The van der Waals surface area contributed by atoms with Crippen LogP contribution in [-0.4, -0.2) is 31.9 Å². The summed E-state index contributed by atoms with van der Waals surface area (Å²) in [6.45, 7) is 4.84. The van der Waals surface area contributed by atoms with E-state index < -0.39 is 6.10 Å². The SMILES string of the molecule is CCOC(=O)C(Cc1ccc(OC/C=C/c2cc(Cl)cc(Cl)c2)cc1)OCC. The lowest BCUT2D eigenvalue weighted by Crippen LogP contribution is -2.28. The standard InChI is InChI=1S/C22H24Cl2O4/c1-3-26-21(22(25)27-4-2)14-16-7-9-20(10-8-16)28-11-5-6-17-12-18(23)15-19(24)13-17/h5-10,12-13,15,21H,3-4,11,14H2,1-2H3/b6-5+. The first-order valence-electron chi connectivity index (χ1n) is 9.14. The molecule has 0 amide bonds. The second kappa shape index (κ2) is 11.7. The Morgan fingerprint density at radius 3 is 2.32 bits per heavy atom. The largest absolute Gasteiger partial charge is 0.490 e. The van der Waals surface area contributed by atoms with Gasteiger partial charge in [0.2, 0.25) is 0 Å². The minimum atomic E-state index is -0.593. The van der Waals surface area contributed by atoms with Gasteiger partial charge in [-0.2, -0.15) is 0 Å². The molecule has 0 spiro atoms. The smallest absolute Gasteiger partial charge is 0.335 e. The Kier molecular flexibility index (Phi) is 9.35. The van der Waals surface area contributed by atoms with Crippen LogP contribution in [0.2, 0.25) is 10.0 Å². The summed E-state index contributed by atoms with van der Waals surface area (Å²) >= 11 is 12.0. The molecule has 2 aromatic carbocycles. The third kappa shape index (κ3) is 7.55. The molecule has 0 N–H and O–H groups in total. The molecule has 2 aromatic rings. The summed E-state index contributed by atoms with van der Waals surface area (Å²) in [6, 6.07) is 12.9. The van der Waals surface area contributed by atoms with Gasteiger partial charge in [0.05, 0.1) is 6.61 Å². The quantitative estimate of drug-likeness (QED) is 0.467. The van der Waals surface area contributed by atoms with Crippen LogP contribution >= 0.6 is 23.2 Å². The zero-order chi connectivity index (χ0) is 20.4. The normalized spacial score (nSPS) is 12.1. The fourth-order valence-electron chi connectivity index (χ4n) is 2.58. The number of carbonyl (C=O) groups is 1. The van der Waals surface area contributed by atoms with Gasteiger partial charge in [-0.15, -0.1) is 0 Å². The number of benzene rings is 2. The monoisotopic (exact) mass is 422 g/mol. The highest BCUT2D eigenvalue weighted by atomic mass is 35.5. The van der Waals surface area contributed by atoms with E-state index in [-0.39, 0.29) is 5.97 Å². The topological polar surface area (TPSA) is 44.8 Å². The van der Waals surface area contributed by atoms with Crippen molar-refractivity contribution in [3.05, 3.63) is 69.7 Å². The first-order chi connectivity index (χ1) is 13.5. The molecule has 0 saturated heterocycles. The van der Waals surface area contributed by atoms with Gasteiger partial charge >= 0.3 is 5.97 Å². The van der Waals surface area contributed by atoms with E-state index >= 15 is 0 Å². The van der Waals surface area contributed by atoms with Gasteiger partial charge in [0.25, 0.3) is 0 Å².